The van der Waals surface area contributed by atoms with Crippen LogP contribution in [0.4, 0.5) is 5.69 Å². The summed E-state index contributed by atoms with van der Waals surface area (Å²) in [4.78, 5) is 12.2. The van der Waals surface area contributed by atoms with Crippen LogP contribution in [-0.4, -0.2) is 5.91 Å². The fourth-order valence-electron chi connectivity index (χ4n) is 1.09. The summed E-state index contributed by atoms with van der Waals surface area (Å²) in [6, 6.07) is 5.12. The lowest BCUT2D eigenvalue weighted by atomic mass is 10.3. The van der Waals surface area contributed by atoms with Crippen molar-refractivity contribution in [2.75, 3.05) is 5.32 Å². The zero-order valence-corrected chi connectivity index (χ0v) is 10.3. The molecule has 1 amide bonds. The Balaban J connectivity index is 2.51. The molecular formula is C9H4Cl3NOS. The topological polar surface area (TPSA) is 29.1 Å². The van der Waals surface area contributed by atoms with Gasteiger partial charge in [0.05, 0.1) is 5.69 Å². The molecule has 2 rings (SSSR count). The van der Waals surface area contributed by atoms with Crippen LogP contribution in [0.3, 0.4) is 0 Å². The molecule has 0 saturated heterocycles. The largest absolute Gasteiger partial charge is 0.320 e. The van der Waals surface area contributed by atoms with Crippen LogP contribution in [0.5, 0.6) is 0 Å². The second kappa shape index (κ2) is 4.26. The second-order valence-electron chi connectivity index (χ2n) is 2.78. The molecule has 1 aliphatic rings. The highest BCUT2D eigenvalue weighted by atomic mass is 35.5. The summed E-state index contributed by atoms with van der Waals surface area (Å²) in [5.41, 5.74) is 0.656. The van der Waals surface area contributed by atoms with Crippen LogP contribution in [0.2, 0.25) is 5.02 Å². The van der Waals surface area contributed by atoms with E-state index in [2.05, 4.69) is 5.32 Å². The maximum absolute atomic E-state index is 11.4. The molecule has 0 bridgehead atoms. The van der Waals surface area contributed by atoms with E-state index in [4.69, 9.17) is 34.8 Å². The van der Waals surface area contributed by atoms with E-state index < -0.39 is 5.91 Å². The third kappa shape index (κ3) is 2.26. The van der Waals surface area contributed by atoms with Crippen LogP contribution >= 0.6 is 46.6 Å². The first kappa shape index (κ1) is 11.1. The van der Waals surface area contributed by atoms with Gasteiger partial charge in [-0.3, -0.25) is 4.79 Å². The number of amides is 1. The molecule has 0 atom stereocenters. The minimum atomic E-state index is -0.407. The van der Waals surface area contributed by atoms with E-state index in [0.29, 0.717) is 10.7 Å². The van der Waals surface area contributed by atoms with E-state index in [1.165, 1.54) is 11.8 Å². The summed E-state index contributed by atoms with van der Waals surface area (Å²) in [5, 5.41) is 3.21. The van der Waals surface area contributed by atoms with Crippen LogP contribution in [0.15, 0.2) is 32.5 Å². The first-order valence-corrected chi connectivity index (χ1v) is 5.87. The van der Waals surface area contributed by atoms with Crippen LogP contribution in [0.25, 0.3) is 0 Å². The van der Waals surface area contributed by atoms with E-state index in [0.717, 1.165) is 4.90 Å². The Morgan fingerprint density at radius 1 is 1.20 bits per heavy atom. The van der Waals surface area contributed by atoms with Crippen molar-refractivity contribution in [3.05, 3.63) is 32.6 Å². The van der Waals surface area contributed by atoms with Gasteiger partial charge in [0.25, 0.3) is 5.91 Å². The zero-order valence-electron chi connectivity index (χ0n) is 7.18. The standard InChI is InChI=1S/C9H4Cl3NOS/c10-4-1-2-5-6(3-4)15-8(12)7(11)9(14)13-5/h1-3H,(H,13,14). The Bertz CT molecular complexity index is 472. The Morgan fingerprint density at radius 2 is 1.93 bits per heavy atom. The molecule has 0 radical (unpaired) electrons. The highest BCUT2D eigenvalue weighted by Gasteiger charge is 2.20. The molecule has 0 fully saturated rings. The monoisotopic (exact) mass is 279 g/mol. The van der Waals surface area contributed by atoms with Gasteiger partial charge in [0, 0.05) is 9.92 Å². The number of carbonyl (C=O) groups is 1. The van der Waals surface area contributed by atoms with E-state index >= 15 is 0 Å². The summed E-state index contributed by atoms with van der Waals surface area (Å²) in [5.74, 6) is -0.407. The lowest BCUT2D eigenvalue weighted by Gasteiger charge is -2.05. The Kier molecular flexibility index (Phi) is 3.16. The molecule has 2 nitrogen and oxygen atoms in total. The Hall–Kier alpha value is -0.350. The Morgan fingerprint density at radius 3 is 2.67 bits per heavy atom. The molecule has 78 valence electrons. The van der Waals surface area contributed by atoms with Crippen LogP contribution in [0.1, 0.15) is 0 Å². The predicted molar refractivity (Wildman–Crippen MR) is 64.7 cm³/mol. The number of benzene rings is 1. The molecule has 0 saturated carbocycles. The molecule has 1 aliphatic heterocycles. The summed E-state index contributed by atoms with van der Waals surface area (Å²) in [6.07, 6.45) is 0. The molecule has 1 N–H and O–H groups in total. The van der Waals surface area contributed by atoms with Gasteiger partial charge in [-0.15, -0.1) is 0 Å². The second-order valence-corrected chi connectivity index (χ2v) is 5.25. The molecule has 0 aromatic heterocycles. The first-order valence-electron chi connectivity index (χ1n) is 3.92. The number of rotatable bonds is 0. The zero-order chi connectivity index (χ0) is 11.0. The minimum absolute atomic E-state index is 0.00557. The highest BCUT2D eigenvalue weighted by Crippen LogP contribution is 2.41. The minimum Gasteiger partial charge on any atom is -0.320 e. The molecule has 15 heavy (non-hydrogen) atoms. The molecular weight excluding hydrogens is 277 g/mol. The number of nitrogens with one attached hydrogen (secondary N) is 1. The number of fused-ring (bicyclic) bond motifs is 1. The van der Waals surface area contributed by atoms with Crippen molar-refractivity contribution < 1.29 is 4.79 Å². The molecule has 0 spiro atoms. The van der Waals surface area contributed by atoms with Gasteiger partial charge in [-0.25, -0.2) is 0 Å². The van der Waals surface area contributed by atoms with Gasteiger partial charge >= 0.3 is 0 Å². The SMILES string of the molecule is O=C1Nc2ccc(Cl)cc2SC(Cl)=C1Cl. The number of thioether (sulfide) groups is 1. The molecule has 1 aromatic carbocycles. The van der Waals surface area contributed by atoms with Crippen molar-refractivity contribution in [2.45, 2.75) is 4.90 Å². The molecule has 0 aliphatic carbocycles. The van der Waals surface area contributed by atoms with Crippen molar-refractivity contribution in [3.8, 4) is 0 Å². The van der Waals surface area contributed by atoms with Gasteiger partial charge in [0.15, 0.2) is 0 Å². The Labute approximate surface area is 106 Å². The van der Waals surface area contributed by atoms with E-state index in [1.807, 2.05) is 0 Å². The normalized spacial score (nSPS) is 15.8. The highest BCUT2D eigenvalue weighted by molar-refractivity contribution is 8.04. The number of hydrogen-bond donors (Lipinski definition) is 1. The molecule has 1 heterocycles. The maximum atomic E-state index is 11.4. The maximum Gasteiger partial charge on any atom is 0.269 e. The lowest BCUT2D eigenvalue weighted by Crippen LogP contribution is -2.10. The van der Waals surface area contributed by atoms with Crippen LogP contribution in [0, 0.1) is 0 Å². The van der Waals surface area contributed by atoms with Crippen molar-refractivity contribution in [1.29, 1.82) is 0 Å². The number of hydrogen-bond acceptors (Lipinski definition) is 2. The van der Waals surface area contributed by atoms with E-state index in [-0.39, 0.29) is 9.40 Å². The molecule has 6 heteroatoms. The summed E-state index contributed by atoms with van der Waals surface area (Å²) in [6.45, 7) is 0. The summed E-state index contributed by atoms with van der Waals surface area (Å²) >= 11 is 18.6. The fraction of sp³-hybridized carbons (Fsp3) is 0. The van der Waals surface area contributed by atoms with Gasteiger partial charge in [-0.1, -0.05) is 46.6 Å². The van der Waals surface area contributed by atoms with Gasteiger partial charge < -0.3 is 5.32 Å². The number of halogens is 3. The average Bonchev–Trinajstić information content (AvgIpc) is 2.29. The summed E-state index contributed by atoms with van der Waals surface area (Å²) < 4.78 is 0.246. The van der Waals surface area contributed by atoms with Crippen molar-refractivity contribution in [2.24, 2.45) is 0 Å². The predicted octanol–water partition coefficient (Wildman–Crippen LogP) is 4.03. The van der Waals surface area contributed by atoms with Gasteiger partial charge in [-0.05, 0) is 18.2 Å². The van der Waals surface area contributed by atoms with Gasteiger partial charge in [-0.2, -0.15) is 0 Å². The van der Waals surface area contributed by atoms with Crippen LogP contribution < -0.4 is 5.32 Å². The van der Waals surface area contributed by atoms with Gasteiger partial charge in [0.2, 0.25) is 0 Å². The lowest BCUT2D eigenvalue weighted by molar-refractivity contribution is -0.112. The third-order valence-electron chi connectivity index (χ3n) is 1.76. The van der Waals surface area contributed by atoms with Crippen molar-refractivity contribution >= 4 is 58.2 Å². The third-order valence-corrected chi connectivity index (χ3v) is 3.93. The van der Waals surface area contributed by atoms with Crippen LogP contribution in [-0.2, 0) is 4.79 Å². The van der Waals surface area contributed by atoms with Crippen molar-refractivity contribution in [3.63, 3.8) is 0 Å². The smallest absolute Gasteiger partial charge is 0.269 e. The van der Waals surface area contributed by atoms with Crippen molar-refractivity contribution in [1.82, 2.24) is 0 Å². The molecule has 1 aromatic rings. The van der Waals surface area contributed by atoms with E-state index in [1.54, 1.807) is 18.2 Å². The quantitative estimate of drug-likeness (QED) is 0.777. The van der Waals surface area contributed by atoms with E-state index in [9.17, 15) is 4.79 Å². The summed E-state index contributed by atoms with van der Waals surface area (Å²) in [7, 11) is 0. The first-order chi connectivity index (χ1) is 7.08. The van der Waals surface area contributed by atoms with Gasteiger partial charge in [0.1, 0.15) is 9.40 Å². The molecule has 0 unspecified atom stereocenters. The fourth-order valence-corrected chi connectivity index (χ4v) is 2.62. The number of anilines is 1. The number of carbonyl (C=O) groups excluding carboxylic acids is 1. The average molecular weight is 281 g/mol.